The van der Waals surface area contributed by atoms with Gasteiger partial charge in [-0.05, 0) is 98.9 Å². The number of esters is 2. The first-order valence-corrected chi connectivity index (χ1v) is 22.8. The second-order valence-corrected chi connectivity index (χ2v) is 16.4. The highest BCUT2D eigenvalue weighted by Crippen LogP contribution is 2.40. The summed E-state index contributed by atoms with van der Waals surface area (Å²) >= 11 is 0. The normalized spacial score (nSPS) is 16.5. The molecular formula is C52H62N2O18. The Morgan fingerprint density at radius 1 is 0.569 bits per heavy atom. The predicted octanol–water partition coefficient (Wildman–Crippen LogP) is 5.96. The third-order valence-corrected chi connectivity index (χ3v) is 11.5. The summed E-state index contributed by atoms with van der Waals surface area (Å²) in [6, 6.07) is 15.0. The summed E-state index contributed by atoms with van der Waals surface area (Å²) in [6.07, 6.45) is 4.57. The largest absolute Gasteiger partial charge is 0.508 e. The van der Waals surface area contributed by atoms with E-state index in [9.17, 15) is 34.5 Å². The van der Waals surface area contributed by atoms with Gasteiger partial charge in [0.25, 0.3) is 0 Å². The number of Topliss-reactive ketones (excluding diaryl/α,β-unsaturated/α-hetero) is 2. The minimum Gasteiger partial charge on any atom is -0.508 e. The maximum Gasteiger partial charge on any atom is 0.338 e. The van der Waals surface area contributed by atoms with E-state index in [0.29, 0.717) is 70.0 Å². The van der Waals surface area contributed by atoms with Gasteiger partial charge in [-0.15, -0.1) is 0 Å². The van der Waals surface area contributed by atoms with Crippen molar-refractivity contribution in [3.63, 3.8) is 0 Å². The van der Waals surface area contributed by atoms with Crippen LogP contribution in [0.25, 0.3) is 12.2 Å². The molecule has 0 bridgehead atoms. The predicted molar refractivity (Wildman–Crippen MR) is 262 cm³/mol. The number of ketones is 2. The van der Waals surface area contributed by atoms with Crippen molar-refractivity contribution >= 4 is 35.7 Å². The van der Waals surface area contributed by atoms with Crippen molar-refractivity contribution in [2.24, 2.45) is 0 Å². The Bertz CT molecular complexity index is 2420. The molecule has 2 fully saturated rings. The van der Waals surface area contributed by atoms with Gasteiger partial charge in [-0.3, -0.25) is 9.59 Å². The van der Waals surface area contributed by atoms with Crippen LogP contribution in [-0.2, 0) is 23.8 Å². The lowest BCUT2D eigenvalue weighted by Gasteiger charge is -2.21. The molecule has 388 valence electrons. The molecule has 72 heavy (non-hydrogen) atoms. The van der Waals surface area contributed by atoms with Gasteiger partial charge >= 0.3 is 11.9 Å². The zero-order valence-corrected chi connectivity index (χ0v) is 41.3. The average molecular weight is 1000 g/mol. The van der Waals surface area contributed by atoms with Crippen LogP contribution in [0.15, 0.2) is 72.0 Å². The minimum absolute atomic E-state index is 0.0248. The summed E-state index contributed by atoms with van der Waals surface area (Å²) < 4.78 is 47.7. The highest BCUT2D eigenvalue weighted by molar-refractivity contribution is 6.17. The Hall–Kier alpha value is -7.68. The van der Waals surface area contributed by atoms with Gasteiger partial charge in [-0.2, -0.15) is 0 Å². The third kappa shape index (κ3) is 14.9. The number of epoxide rings is 1. The van der Waals surface area contributed by atoms with Crippen molar-refractivity contribution in [2.45, 2.75) is 38.4 Å². The van der Waals surface area contributed by atoms with Gasteiger partial charge in [0.05, 0.1) is 67.0 Å². The number of aromatic hydroxyl groups is 4. The number of rotatable bonds is 18. The molecule has 5 N–H and O–H groups in total. The van der Waals surface area contributed by atoms with Crippen LogP contribution in [0, 0.1) is 0 Å². The summed E-state index contributed by atoms with van der Waals surface area (Å²) in [5, 5.41) is 46.1. The topological polar surface area (TPSA) is 262 Å². The molecule has 7 rings (SSSR count). The number of hydrogen-bond acceptors (Lipinski definition) is 20. The Kier molecular flexibility index (Phi) is 20.3. The Morgan fingerprint density at radius 2 is 1.01 bits per heavy atom. The molecule has 2 saturated heterocycles. The van der Waals surface area contributed by atoms with Gasteiger partial charge in [0.1, 0.15) is 11.5 Å². The van der Waals surface area contributed by atoms with E-state index in [1.54, 1.807) is 42.5 Å². The van der Waals surface area contributed by atoms with Crippen LogP contribution < -0.4 is 28.4 Å². The molecule has 0 saturated carbocycles. The second-order valence-electron chi connectivity index (χ2n) is 16.4. The number of ether oxygens (including phenoxy) is 9. The number of aliphatic hydroxyl groups excluding tert-OH is 1. The van der Waals surface area contributed by atoms with Crippen LogP contribution in [-0.4, -0.2) is 166 Å². The lowest BCUT2D eigenvalue weighted by Crippen LogP contribution is -2.32. The summed E-state index contributed by atoms with van der Waals surface area (Å²) in [7, 11) is 9.04. The highest BCUT2D eigenvalue weighted by Gasteiger charge is 2.55. The Balaban J connectivity index is 0.000000266. The lowest BCUT2D eigenvalue weighted by atomic mass is 9.97. The fraction of sp³-hybridized carbons (Fsp3) is 0.385. The Labute approximate surface area is 417 Å². The van der Waals surface area contributed by atoms with E-state index in [2.05, 4.69) is 9.80 Å². The SMILES string of the molecule is CC1=C(O)C(=O)[C@H]2O[C@H]2C1=O.COc1cc(C(=O)OCCCN2CCCN(CCCOC(=O)c3cc(OC)c(OC)c(OC)c3)CC2)cc(OC)c1OC.Oc1cc(O)cc(/C=C/c2ccc(O)c(O)c2)c1. The number of phenols is 4. The summed E-state index contributed by atoms with van der Waals surface area (Å²) in [5.74, 6) is -0.0163. The number of nitrogens with zero attached hydrogens (tertiary/aromatic N) is 2. The van der Waals surface area contributed by atoms with Gasteiger partial charge < -0.3 is 78.0 Å². The quantitative estimate of drug-likeness (QED) is 0.0253. The molecule has 4 aromatic rings. The number of carbonyl (C=O) groups is 4. The van der Waals surface area contributed by atoms with E-state index in [-0.39, 0.29) is 34.4 Å². The zero-order chi connectivity index (χ0) is 52.5. The number of phenolic OH excluding ortho intramolecular Hbond substituents is 4. The molecule has 0 spiro atoms. The smallest absolute Gasteiger partial charge is 0.338 e. The van der Waals surface area contributed by atoms with Crippen LogP contribution in [0.4, 0.5) is 0 Å². The summed E-state index contributed by atoms with van der Waals surface area (Å²) in [4.78, 5) is 52.0. The summed E-state index contributed by atoms with van der Waals surface area (Å²) in [5.41, 5.74) is 2.12. The number of aliphatic hydroxyl groups is 1. The molecular weight excluding hydrogens is 941 g/mol. The van der Waals surface area contributed by atoms with E-state index in [0.717, 1.165) is 58.5 Å². The van der Waals surface area contributed by atoms with E-state index in [4.69, 9.17) is 52.8 Å². The van der Waals surface area contributed by atoms with Crippen LogP contribution in [0.1, 0.15) is 58.0 Å². The average Bonchev–Trinajstić information content (AvgIpc) is 4.22. The van der Waals surface area contributed by atoms with Crippen molar-refractivity contribution in [2.75, 3.05) is 95.1 Å². The summed E-state index contributed by atoms with van der Waals surface area (Å²) in [6.45, 7) is 7.53. The van der Waals surface area contributed by atoms with Gasteiger partial charge in [-0.25, -0.2) is 9.59 Å². The standard InChI is InChI=1S/C31H44N2O10.C14H12O4.C7H6O4/c1-36-24-18-22(19-25(37-2)28(24)40-5)30(34)42-16-8-12-32-10-7-11-33(15-14-32)13-9-17-43-31(35)23-20-26(38-3)29(41-6)27(21-23)39-4;15-11-5-10(6-12(16)8-11)2-1-9-3-4-13(17)14(18)7-9;1-2-3(8)5(10)7-6(11-7)4(2)9/h18-21H,7-17H2,1-6H3;1-8,15-18H;6-8H,1H3/b;2-1+;/t;;6-,7+/m..0/s1. The van der Waals surface area contributed by atoms with E-state index < -0.39 is 35.7 Å². The molecule has 0 unspecified atom stereocenters. The van der Waals surface area contributed by atoms with Crippen molar-refractivity contribution in [1.82, 2.24) is 9.80 Å². The van der Waals surface area contributed by atoms with Crippen LogP contribution in [0.2, 0.25) is 0 Å². The van der Waals surface area contributed by atoms with Crippen LogP contribution >= 0.6 is 0 Å². The van der Waals surface area contributed by atoms with E-state index in [1.165, 1.54) is 79.9 Å². The van der Waals surface area contributed by atoms with Crippen molar-refractivity contribution in [3.05, 3.63) is 94.2 Å². The van der Waals surface area contributed by atoms with Gasteiger partial charge in [-0.1, -0.05) is 18.2 Å². The number of carbonyl (C=O) groups excluding carboxylic acids is 4. The van der Waals surface area contributed by atoms with E-state index in [1.807, 2.05) is 0 Å². The lowest BCUT2D eigenvalue weighted by molar-refractivity contribution is -0.122. The molecule has 2 heterocycles. The van der Waals surface area contributed by atoms with Crippen LogP contribution in [0.3, 0.4) is 0 Å². The first-order valence-electron chi connectivity index (χ1n) is 22.8. The molecule has 4 aromatic carbocycles. The maximum absolute atomic E-state index is 12.6. The number of hydrogen-bond donors (Lipinski definition) is 5. The molecule has 20 heteroatoms. The first-order chi connectivity index (χ1) is 34.5. The number of benzene rings is 4. The molecule has 0 radical (unpaired) electrons. The fourth-order valence-electron chi connectivity index (χ4n) is 7.65. The van der Waals surface area contributed by atoms with Gasteiger partial charge in [0.15, 0.2) is 58.2 Å². The number of methoxy groups -OCH3 is 6. The second kappa shape index (κ2) is 26.5. The molecule has 20 nitrogen and oxygen atoms in total. The molecule has 2 aliphatic heterocycles. The zero-order valence-electron chi connectivity index (χ0n) is 41.3. The molecule has 0 aromatic heterocycles. The fourth-order valence-corrected chi connectivity index (χ4v) is 7.65. The minimum atomic E-state index is -0.689. The molecule has 1 aliphatic carbocycles. The van der Waals surface area contributed by atoms with E-state index >= 15 is 0 Å². The molecule has 3 aliphatic rings. The van der Waals surface area contributed by atoms with Crippen molar-refractivity contribution < 1.29 is 87.3 Å². The number of fused-ring (bicyclic) bond motifs is 1. The van der Waals surface area contributed by atoms with Crippen LogP contribution in [0.5, 0.6) is 57.5 Å². The molecule has 0 amide bonds. The van der Waals surface area contributed by atoms with Crippen molar-refractivity contribution in [3.8, 4) is 57.5 Å². The third-order valence-electron chi connectivity index (χ3n) is 11.5. The maximum atomic E-state index is 12.6. The highest BCUT2D eigenvalue weighted by atomic mass is 16.6. The first kappa shape index (κ1) is 55.2. The Morgan fingerprint density at radius 3 is 1.44 bits per heavy atom. The molecule has 2 atom stereocenters. The van der Waals surface area contributed by atoms with Gasteiger partial charge in [0, 0.05) is 37.8 Å². The van der Waals surface area contributed by atoms with Gasteiger partial charge in [0.2, 0.25) is 17.3 Å². The van der Waals surface area contributed by atoms with Crippen molar-refractivity contribution in [1.29, 1.82) is 0 Å². The monoisotopic (exact) mass is 1000 g/mol.